The molecule has 0 saturated carbocycles. The molecule has 0 aliphatic heterocycles. The van der Waals surface area contributed by atoms with Crippen LogP contribution in [0.4, 0.5) is 0 Å². The summed E-state index contributed by atoms with van der Waals surface area (Å²) >= 11 is 0. The summed E-state index contributed by atoms with van der Waals surface area (Å²) in [6.07, 6.45) is -2.45. The van der Waals surface area contributed by atoms with E-state index in [1.807, 2.05) is 0 Å². The van der Waals surface area contributed by atoms with Crippen LogP contribution < -0.4 is 5.32 Å². The Morgan fingerprint density at radius 1 is 1.25 bits per heavy atom. The molecule has 8 heteroatoms. The van der Waals surface area contributed by atoms with Crippen LogP contribution in [0.25, 0.3) is 0 Å². The molecular formula is C16H19NO7. The van der Waals surface area contributed by atoms with Gasteiger partial charge in [0.05, 0.1) is 13.0 Å². The maximum absolute atomic E-state index is 11.7. The van der Waals surface area contributed by atoms with Crippen molar-refractivity contribution in [2.45, 2.75) is 31.5 Å². The smallest absolute Gasteiger partial charge is 0.224 e. The molecule has 8 nitrogen and oxygen atoms in total. The molecule has 24 heavy (non-hydrogen) atoms. The van der Waals surface area contributed by atoms with E-state index in [2.05, 4.69) is 5.32 Å². The van der Waals surface area contributed by atoms with Gasteiger partial charge in [0, 0.05) is 6.42 Å². The second-order valence-electron chi connectivity index (χ2n) is 5.49. The lowest BCUT2D eigenvalue weighted by Gasteiger charge is -2.16. The van der Waals surface area contributed by atoms with E-state index in [0.29, 0.717) is 5.56 Å². The first-order chi connectivity index (χ1) is 11.2. The molecule has 0 aliphatic rings. The number of hydrogen-bond acceptors (Lipinski definition) is 7. The Hall–Kier alpha value is -2.58. The highest BCUT2D eigenvalue weighted by Gasteiger charge is 2.32. The predicted molar refractivity (Wildman–Crippen MR) is 82.1 cm³/mol. The minimum Gasteiger partial charge on any atom is -0.508 e. The number of Topliss-reactive ketones (excluding diaryl/α,β-unsaturated/α-hetero) is 2. The number of amides is 1. The highest BCUT2D eigenvalue weighted by molar-refractivity contribution is 6.03. The SMILES string of the molecule is CC(O)(C=O)C(=O)CC(O)C(=O)CNC(=O)Cc1ccc(O)cc1. The molecule has 0 heterocycles. The zero-order chi connectivity index (χ0) is 18.3. The summed E-state index contributed by atoms with van der Waals surface area (Å²) in [6, 6.07) is 5.93. The Balaban J connectivity index is 2.44. The highest BCUT2D eigenvalue weighted by Crippen LogP contribution is 2.10. The first-order valence-electron chi connectivity index (χ1n) is 7.13. The summed E-state index contributed by atoms with van der Waals surface area (Å²) in [6.45, 7) is 0.466. The molecule has 130 valence electrons. The second-order valence-corrected chi connectivity index (χ2v) is 5.49. The zero-order valence-corrected chi connectivity index (χ0v) is 13.1. The van der Waals surface area contributed by atoms with Gasteiger partial charge in [0.25, 0.3) is 0 Å². The minimum atomic E-state index is -2.26. The number of phenolic OH excluding ortho intramolecular Hbond substituents is 1. The van der Waals surface area contributed by atoms with Crippen LogP contribution in [0.15, 0.2) is 24.3 Å². The van der Waals surface area contributed by atoms with E-state index in [-0.39, 0.29) is 18.5 Å². The van der Waals surface area contributed by atoms with Crippen molar-refractivity contribution in [1.29, 1.82) is 0 Å². The molecule has 2 unspecified atom stereocenters. The van der Waals surface area contributed by atoms with Crippen molar-refractivity contribution in [2.24, 2.45) is 0 Å². The molecule has 0 radical (unpaired) electrons. The maximum atomic E-state index is 11.7. The largest absolute Gasteiger partial charge is 0.508 e. The van der Waals surface area contributed by atoms with Gasteiger partial charge in [-0.15, -0.1) is 0 Å². The van der Waals surface area contributed by atoms with Crippen molar-refractivity contribution in [2.75, 3.05) is 6.54 Å². The lowest BCUT2D eigenvalue weighted by molar-refractivity contribution is -0.145. The van der Waals surface area contributed by atoms with Crippen LogP contribution in [0.1, 0.15) is 18.9 Å². The number of phenols is 1. The first kappa shape index (κ1) is 19.5. The van der Waals surface area contributed by atoms with Gasteiger partial charge < -0.3 is 20.6 Å². The summed E-state index contributed by atoms with van der Waals surface area (Å²) in [5.74, 6) is -2.22. The monoisotopic (exact) mass is 337 g/mol. The number of aromatic hydroxyl groups is 1. The van der Waals surface area contributed by atoms with Crippen LogP contribution >= 0.6 is 0 Å². The Morgan fingerprint density at radius 2 is 1.83 bits per heavy atom. The Kier molecular flexibility index (Phi) is 6.75. The molecular weight excluding hydrogens is 318 g/mol. The molecule has 1 aromatic rings. The molecule has 0 bridgehead atoms. The third-order valence-corrected chi connectivity index (χ3v) is 3.31. The quantitative estimate of drug-likeness (QED) is 0.331. The standard InChI is InChI=1S/C16H19NO7/c1-16(24,9-18)14(22)7-12(20)13(21)8-17-15(23)6-10-2-4-11(19)5-3-10/h2-5,9,12,19-20,24H,6-8H2,1H3,(H,17,23). The summed E-state index contributed by atoms with van der Waals surface area (Å²) in [5.41, 5.74) is -1.64. The number of nitrogens with one attached hydrogen (secondary N) is 1. The van der Waals surface area contributed by atoms with E-state index >= 15 is 0 Å². The fraction of sp³-hybridized carbons (Fsp3) is 0.375. The molecule has 0 fully saturated rings. The van der Waals surface area contributed by atoms with Gasteiger partial charge >= 0.3 is 0 Å². The highest BCUT2D eigenvalue weighted by atomic mass is 16.3. The van der Waals surface area contributed by atoms with Crippen LogP contribution in [0, 0.1) is 0 Å². The number of ketones is 2. The van der Waals surface area contributed by atoms with Crippen molar-refractivity contribution >= 4 is 23.8 Å². The zero-order valence-electron chi connectivity index (χ0n) is 13.1. The van der Waals surface area contributed by atoms with Gasteiger partial charge in [-0.05, 0) is 24.6 Å². The van der Waals surface area contributed by atoms with Crippen LogP contribution in [-0.2, 0) is 25.6 Å². The van der Waals surface area contributed by atoms with Gasteiger partial charge in [-0.25, -0.2) is 0 Å². The number of carbonyl (C=O) groups is 4. The number of aliphatic hydroxyl groups is 2. The minimum absolute atomic E-state index is 0.0198. The number of benzene rings is 1. The van der Waals surface area contributed by atoms with Gasteiger partial charge in [-0.1, -0.05) is 12.1 Å². The van der Waals surface area contributed by atoms with E-state index in [9.17, 15) is 29.4 Å². The molecule has 1 amide bonds. The van der Waals surface area contributed by atoms with E-state index in [4.69, 9.17) is 5.11 Å². The second kappa shape index (κ2) is 8.32. The van der Waals surface area contributed by atoms with Gasteiger partial charge in [0.15, 0.2) is 23.5 Å². The number of rotatable bonds is 9. The van der Waals surface area contributed by atoms with Gasteiger partial charge in [-0.2, -0.15) is 0 Å². The topological polar surface area (TPSA) is 141 Å². The summed E-state index contributed by atoms with van der Waals surface area (Å²) in [5, 5.41) is 30.4. The molecule has 1 aromatic carbocycles. The van der Waals surface area contributed by atoms with Crippen LogP contribution in [0.2, 0.25) is 0 Å². The Labute approximate surface area is 138 Å². The molecule has 2 atom stereocenters. The predicted octanol–water partition coefficient (Wildman–Crippen LogP) is -1.11. The third-order valence-electron chi connectivity index (χ3n) is 3.31. The Bertz CT molecular complexity index is 622. The van der Waals surface area contributed by atoms with E-state index in [1.165, 1.54) is 12.1 Å². The molecule has 0 saturated heterocycles. The fourth-order valence-corrected chi connectivity index (χ4v) is 1.73. The van der Waals surface area contributed by atoms with Crippen molar-refractivity contribution in [1.82, 2.24) is 5.32 Å². The fourth-order valence-electron chi connectivity index (χ4n) is 1.73. The van der Waals surface area contributed by atoms with Crippen LogP contribution in [0.5, 0.6) is 5.75 Å². The van der Waals surface area contributed by atoms with Crippen molar-refractivity contribution in [3.63, 3.8) is 0 Å². The average molecular weight is 337 g/mol. The van der Waals surface area contributed by atoms with Gasteiger partial charge in [0.2, 0.25) is 5.91 Å². The van der Waals surface area contributed by atoms with E-state index in [1.54, 1.807) is 12.1 Å². The molecule has 4 N–H and O–H groups in total. The molecule has 0 aliphatic carbocycles. The van der Waals surface area contributed by atoms with E-state index < -0.39 is 42.1 Å². The van der Waals surface area contributed by atoms with Crippen molar-refractivity contribution < 1.29 is 34.5 Å². The number of carbonyl (C=O) groups excluding carboxylic acids is 4. The van der Waals surface area contributed by atoms with Gasteiger partial charge in [-0.3, -0.25) is 19.2 Å². The van der Waals surface area contributed by atoms with E-state index in [0.717, 1.165) is 6.92 Å². The number of aldehydes is 1. The van der Waals surface area contributed by atoms with Crippen molar-refractivity contribution in [3.05, 3.63) is 29.8 Å². The lowest BCUT2D eigenvalue weighted by Crippen LogP contribution is -2.42. The number of hydrogen-bond donors (Lipinski definition) is 4. The normalized spacial score (nSPS) is 14.3. The average Bonchev–Trinajstić information content (AvgIpc) is 2.54. The maximum Gasteiger partial charge on any atom is 0.224 e. The molecule has 0 aromatic heterocycles. The summed E-state index contributed by atoms with van der Waals surface area (Å²) in [4.78, 5) is 45.4. The first-order valence-corrected chi connectivity index (χ1v) is 7.13. The summed E-state index contributed by atoms with van der Waals surface area (Å²) < 4.78 is 0. The molecule has 1 rings (SSSR count). The van der Waals surface area contributed by atoms with Crippen molar-refractivity contribution in [3.8, 4) is 5.75 Å². The van der Waals surface area contributed by atoms with Crippen LogP contribution in [0.3, 0.4) is 0 Å². The van der Waals surface area contributed by atoms with Gasteiger partial charge in [0.1, 0.15) is 11.9 Å². The Morgan fingerprint density at radius 3 is 2.38 bits per heavy atom. The molecule has 0 spiro atoms. The lowest BCUT2D eigenvalue weighted by atomic mass is 9.96. The number of aliphatic hydroxyl groups excluding tert-OH is 1. The third kappa shape index (κ3) is 5.90. The summed E-state index contributed by atoms with van der Waals surface area (Å²) in [7, 11) is 0. The van der Waals surface area contributed by atoms with Crippen LogP contribution in [-0.4, -0.2) is 57.3 Å².